The molecule has 2 aromatic carbocycles. The van der Waals surface area contributed by atoms with Gasteiger partial charge in [0.2, 0.25) is 0 Å². The summed E-state index contributed by atoms with van der Waals surface area (Å²) in [6.07, 6.45) is 0. The van der Waals surface area contributed by atoms with Gasteiger partial charge in [0.25, 0.3) is 0 Å². The second-order valence-corrected chi connectivity index (χ2v) is 11.4. The second kappa shape index (κ2) is 13.2. The minimum Gasteiger partial charge on any atom is -0.731 e. The molecule has 29 heavy (non-hydrogen) atoms. The van der Waals surface area contributed by atoms with Crippen molar-refractivity contribution in [2.24, 2.45) is 5.41 Å². The Bertz CT molecular complexity index is 616. The molecule has 0 aliphatic rings. The van der Waals surface area contributed by atoms with Gasteiger partial charge in [-0.15, -0.1) is 0 Å². The van der Waals surface area contributed by atoms with E-state index >= 15 is 0 Å². The number of hydrogen-bond acceptors (Lipinski definition) is 1. The molecule has 0 fully saturated rings. The first kappa shape index (κ1) is 31.8. The van der Waals surface area contributed by atoms with Gasteiger partial charge < -0.3 is 27.8 Å². The van der Waals surface area contributed by atoms with Crippen LogP contribution >= 0.6 is 6.89 Å². The van der Waals surface area contributed by atoms with Gasteiger partial charge in [-0.1, -0.05) is 34.6 Å². The van der Waals surface area contributed by atoms with E-state index in [9.17, 15) is 0 Å². The zero-order valence-corrected chi connectivity index (χ0v) is 26.6. The Balaban J connectivity index is 0. The fraction of sp³-hybridized carbons (Fsp3) is 0.560. The van der Waals surface area contributed by atoms with E-state index < -0.39 is 0 Å². The van der Waals surface area contributed by atoms with E-state index in [2.05, 4.69) is 106 Å². The molecule has 0 aliphatic carbocycles. The Hall–Kier alpha value is 0.623. The molecular formula is C25H39PSSeZr-7. The van der Waals surface area contributed by atoms with Crippen LogP contribution in [0, 0.1) is 74.7 Å². The molecule has 0 saturated carbocycles. The summed E-state index contributed by atoms with van der Waals surface area (Å²) in [6.45, 7) is 29.5. The quantitative estimate of drug-likeness (QED) is 0.135. The van der Waals surface area contributed by atoms with Gasteiger partial charge in [0.05, 0.1) is 0 Å². The van der Waals surface area contributed by atoms with E-state index in [-0.39, 0.29) is 31.6 Å². The first-order valence-corrected chi connectivity index (χ1v) is 13.4. The fourth-order valence-corrected chi connectivity index (χ4v) is 4.95. The van der Waals surface area contributed by atoms with Crippen LogP contribution in [0.3, 0.4) is 0 Å². The van der Waals surface area contributed by atoms with E-state index in [0.717, 1.165) is 11.5 Å². The molecule has 4 heteroatoms. The first-order chi connectivity index (χ1) is 12.6. The first-order valence-electron chi connectivity index (χ1n) is 9.86. The van der Waals surface area contributed by atoms with Crippen LogP contribution in [0.4, 0.5) is 0 Å². The van der Waals surface area contributed by atoms with Crippen LogP contribution in [0.5, 0.6) is 0 Å². The van der Waals surface area contributed by atoms with Crippen LogP contribution in [0.15, 0.2) is 0 Å². The van der Waals surface area contributed by atoms with Crippen molar-refractivity contribution in [2.45, 2.75) is 90.0 Å². The molecule has 0 unspecified atom stereocenters. The summed E-state index contributed by atoms with van der Waals surface area (Å²) < 4.78 is 1.08. The smallest absolute Gasteiger partial charge is 0 e. The van der Waals surface area contributed by atoms with Crippen molar-refractivity contribution in [1.82, 2.24) is 0 Å². The molecule has 0 aromatic heterocycles. The second-order valence-electron chi connectivity index (χ2n) is 8.90. The molecule has 0 aliphatic heterocycles. The average Bonchev–Trinajstić information content (AvgIpc) is 2.91. The molecule has 0 N–H and O–H groups in total. The third-order valence-corrected chi connectivity index (χ3v) is 10.0. The molecule has 2 aromatic rings. The van der Waals surface area contributed by atoms with Crippen molar-refractivity contribution in [3.63, 3.8) is 0 Å². The van der Waals surface area contributed by atoms with E-state index in [1.165, 1.54) is 55.6 Å². The summed E-state index contributed by atoms with van der Waals surface area (Å²) in [5, 5.41) is 0. The maximum Gasteiger partial charge on any atom is 0 e. The van der Waals surface area contributed by atoms with Crippen LogP contribution in [0.1, 0.15) is 76.4 Å². The molecule has 0 heterocycles. The minimum absolute atomic E-state index is 0. The average molecular weight is 573 g/mol. The standard InChI is InChI=1S/2C10H15.C5H10PSSe.Zr/c2*1-6-7(2)9(4)10(5)8(6)3;1-5(2,3)4(7)6-8;/h2*1-5H3;7H,1-3H3;/q-5;-1;;/p-1. The molecule has 0 nitrogen and oxygen atoms in total. The van der Waals surface area contributed by atoms with Crippen molar-refractivity contribution in [2.75, 3.05) is 0 Å². The minimum atomic E-state index is 0. The summed E-state index contributed by atoms with van der Waals surface area (Å²) in [6, 6.07) is 0. The number of hydrogen-bond donors (Lipinski definition) is 0. The SMILES string of the molecule is CC(C)(C)C([S-])=P[Se].C[c-]1[c-](C)[c-](C)[c-](C)[c-]1C.Cc1c(C)c(C)[c-](C)c1C.[Zr]. The summed E-state index contributed by atoms with van der Waals surface area (Å²) in [5.74, 6) is 0. The van der Waals surface area contributed by atoms with Crippen molar-refractivity contribution < 1.29 is 26.2 Å². The Morgan fingerprint density at radius 2 is 0.966 bits per heavy atom. The maximum absolute atomic E-state index is 5.05. The molecule has 1 radical (unpaired) electrons. The fourth-order valence-electron chi connectivity index (χ4n) is 2.95. The van der Waals surface area contributed by atoms with Gasteiger partial charge in [-0.3, -0.25) is 0 Å². The van der Waals surface area contributed by atoms with Gasteiger partial charge in [0, 0.05) is 26.2 Å². The Kier molecular flexibility index (Phi) is 14.5. The van der Waals surface area contributed by atoms with Crippen LogP contribution in [-0.2, 0) is 38.8 Å². The predicted octanol–water partition coefficient (Wildman–Crippen LogP) is 7.63. The van der Waals surface area contributed by atoms with Gasteiger partial charge >= 0.3 is 65.9 Å². The molecule has 2 rings (SSSR count). The molecule has 0 spiro atoms. The van der Waals surface area contributed by atoms with E-state index in [1.54, 1.807) is 0 Å². The van der Waals surface area contributed by atoms with Gasteiger partial charge in [0.15, 0.2) is 0 Å². The van der Waals surface area contributed by atoms with Crippen molar-refractivity contribution in [3.8, 4) is 0 Å². The van der Waals surface area contributed by atoms with Crippen LogP contribution in [0.2, 0.25) is 0 Å². The molecule has 167 valence electrons. The number of rotatable bonds is 0. The van der Waals surface area contributed by atoms with E-state index in [0.29, 0.717) is 0 Å². The summed E-state index contributed by atoms with van der Waals surface area (Å²) in [4.78, 5) is 0. The summed E-state index contributed by atoms with van der Waals surface area (Å²) in [7, 11) is 0. The molecule has 0 atom stereocenters. The van der Waals surface area contributed by atoms with E-state index in [4.69, 9.17) is 12.6 Å². The van der Waals surface area contributed by atoms with Gasteiger partial charge in [-0.05, 0) is 0 Å². The third kappa shape index (κ3) is 8.58. The van der Waals surface area contributed by atoms with Gasteiger partial charge in [0.1, 0.15) is 0 Å². The molecule has 0 bridgehead atoms. The third-order valence-electron chi connectivity index (χ3n) is 6.35. The van der Waals surface area contributed by atoms with Crippen LogP contribution in [0.25, 0.3) is 0 Å². The zero-order valence-electron chi connectivity index (χ0n) is 20.8. The zero-order chi connectivity index (χ0) is 22.6. The summed E-state index contributed by atoms with van der Waals surface area (Å²) in [5.41, 5.74) is 14.9. The molecule has 0 saturated heterocycles. The Morgan fingerprint density at radius 3 is 1.03 bits per heavy atom. The van der Waals surface area contributed by atoms with Crippen molar-refractivity contribution in [3.05, 3.63) is 55.6 Å². The van der Waals surface area contributed by atoms with Gasteiger partial charge in [-0.2, -0.15) is 27.8 Å². The molecular weight excluding hydrogens is 534 g/mol. The Morgan fingerprint density at radius 1 is 0.724 bits per heavy atom. The van der Waals surface area contributed by atoms with E-state index in [1.807, 2.05) is 0 Å². The van der Waals surface area contributed by atoms with Crippen molar-refractivity contribution >= 4 is 39.7 Å². The predicted molar refractivity (Wildman–Crippen MR) is 136 cm³/mol. The normalized spacial score (nSPS) is 11.2. The topological polar surface area (TPSA) is 0 Å². The maximum atomic E-state index is 5.05. The Labute approximate surface area is 215 Å². The van der Waals surface area contributed by atoms with Crippen molar-refractivity contribution in [1.29, 1.82) is 0 Å². The van der Waals surface area contributed by atoms with Crippen LogP contribution in [-0.4, -0.2) is 20.2 Å². The van der Waals surface area contributed by atoms with Gasteiger partial charge in [-0.25, -0.2) is 34.6 Å². The molecule has 0 amide bonds. The summed E-state index contributed by atoms with van der Waals surface area (Å²) >= 11 is 7.93. The van der Waals surface area contributed by atoms with Crippen LogP contribution < -0.4 is 0 Å². The monoisotopic (exact) mass is 572 g/mol. The largest absolute Gasteiger partial charge is 0.731 e.